The summed E-state index contributed by atoms with van der Waals surface area (Å²) in [6, 6.07) is 9.44. The molecule has 5 nitrogen and oxygen atoms in total. The summed E-state index contributed by atoms with van der Waals surface area (Å²) in [5.41, 5.74) is 1.02. The van der Waals surface area contributed by atoms with E-state index in [4.69, 9.17) is 0 Å². The van der Waals surface area contributed by atoms with Crippen LogP contribution < -0.4 is 10.6 Å². The molecule has 0 aliphatic carbocycles. The largest absolute Gasteiger partial charge is 0.396 e. The number of aliphatic hydroxyl groups excluding tert-OH is 1. The van der Waals surface area contributed by atoms with E-state index in [0.717, 1.165) is 31.1 Å². The average molecular weight is 319 g/mol. The lowest BCUT2D eigenvalue weighted by Gasteiger charge is -2.30. The fourth-order valence-corrected chi connectivity index (χ4v) is 3.16. The lowest BCUT2D eigenvalue weighted by Crippen LogP contribution is -2.43. The average Bonchev–Trinajstić information content (AvgIpc) is 2.55. The molecule has 1 aliphatic rings. The van der Waals surface area contributed by atoms with Crippen molar-refractivity contribution >= 4 is 6.03 Å². The first-order valence-corrected chi connectivity index (χ1v) is 8.61. The van der Waals surface area contributed by atoms with Gasteiger partial charge in [-0.05, 0) is 37.3 Å². The number of nitrogens with one attached hydrogen (secondary N) is 2. The summed E-state index contributed by atoms with van der Waals surface area (Å²) >= 11 is 0. The molecule has 0 radical (unpaired) electrons. The minimum Gasteiger partial charge on any atom is -0.396 e. The normalized spacial score (nSPS) is 20.0. The van der Waals surface area contributed by atoms with Crippen molar-refractivity contribution in [3.8, 4) is 0 Å². The van der Waals surface area contributed by atoms with Crippen molar-refractivity contribution < 1.29 is 9.90 Å². The molecule has 23 heavy (non-hydrogen) atoms. The quantitative estimate of drug-likeness (QED) is 0.721. The summed E-state index contributed by atoms with van der Waals surface area (Å²) in [7, 11) is 0. The zero-order valence-electron chi connectivity index (χ0n) is 14.0. The zero-order valence-corrected chi connectivity index (χ0v) is 14.0. The van der Waals surface area contributed by atoms with Gasteiger partial charge in [0.2, 0.25) is 0 Å². The molecule has 1 unspecified atom stereocenters. The first kappa shape index (κ1) is 17.8. The van der Waals surface area contributed by atoms with E-state index >= 15 is 0 Å². The Kier molecular flexibility index (Phi) is 7.36. The highest BCUT2D eigenvalue weighted by molar-refractivity contribution is 5.74. The Balaban J connectivity index is 1.74. The second-order valence-corrected chi connectivity index (χ2v) is 6.42. The van der Waals surface area contributed by atoms with Crippen molar-refractivity contribution in [2.45, 2.75) is 32.2 Å². The van der Waals surface area contributed by atoms with Gasteiger partial charge in [0.1, 0.15) is 0 Å². The number of nitrogens with zero attached hydrogens (tertiary/aromatic N) is 1. The molecule has 1 heterocycles. The number of carbonyl (C=O) groups excluding carboxylic acids is 1. The SMILES string of the molecule is CC1CCCN(CCNC(=O)N[C@H](CCO)c2ccccc2)C1. The van der Waals surface area contributed by atoms with Gasteiger partial charge in [0, 0.05) is 26.2 Å². The molecule has 1 fully saturated rings. The maximum atomic E-state index is 12.1. The number of carbonyl (C=O) groups is 1. The van der Waals surface area contributed by atoms with Crippen LogP contribution in [-0.4, -0.2) is 48.8 Å². The number of piperidine rings is 1. The van der Waals surface area contributed by atoms with E-state index in [9.17, 15) is 9.90 Å². The maximum absolute atomic E-state index is 12.1. The molecule has 5 heteroatoms. The van der Waals surface area contributed by atoms with Crippen molar-refractivity contribution in [2.24, 2.45) is 5.92 Å². The highest BCUT2D eigenvalue weighted by atomic mass is 16.3. The molecule has 1 saturated heterocycles. The Bertz CT molecular complexity index is 467. The number of hydrogen-bond donors (Lipinski definition) is 3. The summed E-state index contributed by atoms with van der Waals surface area (Å²) in [6.45, 7) is 6.13. The van der Waals surface area contributed by atoms with Crippen LogP contribution >= 0.6 is 0 Å². The molecule has 1 aromatic carbocycles. The third-order valence-electron chi connectivity index (χ3n) is 4.38. The molecule has 0 spiro atoms. The summed E-state index contributed by atoms with van der Waals surface area (Å²) in [5, 5.41) is 15.1. The van der Waals surface area contributed by atoms with E-state index < -0.39 is 0 Å². The second kappa shape index (κ2) is 9.53. The van der Waals surface area contributed by atoms with E-state index in [2.05, 4.69) is 22.5 Å². The third kappa shape index (κ3) is 6.20. The van der Waals surface area contributed by atoms with Crippen LogP contribution in [0.2, 0.25) is 0 Å². The van der Waals surface area contributed by atoms with Crippen LogP contribution in [0.3, 0.4) is 0 Å². The Morgan fingerprint density at radius 3 is 2.87 bits per heavy atom. The van der Waals surface area contributed by atoms with Crippen molar-refractivity contribution in [2.75, 3.05) is 32.8 Å². The molecule has 1 aromatic rings. The summed E-state index contributed by atoms with van der Waals surface area (Å²) < 4.78 is 0. The monoisotopic (exact) mass is 319 g/mol. The summed E-state index contributed by atoms with van der Waals surface area (Å²) in [4.78, 5) is 14.5. The molecule has 0 saturated carbocycles. The van der Waals surface area contributed by atoms with Gasteiger partial charge >= 0.3 is 6.03 Å². The van der Waals surface area contributed by atoms with Crippen LogP contribution in [0.4, 0.5) is 4.79 Å². The topological polar surface area (TPSA) is 64.6 Å². The first-order valence-electron chi connectivity index (χ1n) is 8.61. The van der Waals surface area contributed by atoms with Crippen molar-refractivity contribution in [3.05, 3.63) is 35.9 Å². The van der Waals surface area contributed by atoms with E-state index in [1.54, 1.807) is 0 Å². The van der Waals surface area contributed by atoms with Gasteiger partial charge in [0.15, 0.2) is 0 Å². The number of aliphatic hydroxyl groups is 1. The molecular weight excluding hydrogens is 290 g/mol. The molecule has 128 valence electrons. The van der Waals surface area contributed by atoms with Gasteiger partial charge in [0.25, 0.3) is 0 Å². The number of amides is 2. The Morgan fingerprint density at radius 2 is 2.17 bits per heavy atom. The molecule has 0 aromatic heterocycles. The third-order valence-corrected chi connectivity index (χ3v) is 4.38. The van der Waals surface area contributed by atoms with Gasteiger partial charge in [0.05, 0.1) is 6.04 Å². The second-order valence-electron chi connectivity index (χ2n) is 6.42. The van der Waals surface area contributed by atoms with Gasteiger partial charge in [-0.3, -0.25) is 0 Å². The summed E-state index contributed by atoms with van der Waals surface area (Å²) in [5.74, 6) is 0.754. The molecule has 3 N–H and O–H groups in total. The standard InChI is InChI=1S/C18H29N3O2/c1-15-6-5-11-21(14-15)12-10-19-18(23)20-17(9-13-22)16-7-3-2-4-8-16/h2-4,7-8,15,17,22H,5-6,9-14H2,1H3,(H2,19,20,23)/t15?,17-/m1/s1. The minimum absolute atomic E-state index is 0.0471. The predicted molar refractivity (Wildman–Crippen MR) is 92.3 cm³/mol. The molecule has 2 amide bonds. The van der Waals surface area contributed by atoms with E-state index in [-0.39, 0.29) is 18.7 Å². The van der Waals surface area contributed by atoms with Crippen molar-refractivity contribution in [1.29, 1.82) is 0 Å². The highest BCUT2D eigenvalue weighted by Crippen LogP contribution is 2.16. The molecule has 0 bridgehead atoms. The van der Waals surface area contributed by atoms with Gasteiger partial charge < -0.3 is 20.6 Å². The predicted octanol–water partition coefficient (Wildman–Crippen LogP) is 2.14. The number of benzene rings is 1. The van der Waals surface area contributed by atoms with Gasteiger partial charge in [-0.2, -0.15) is 0 Å². The van der Waals surface area contributed by atoms with E-state index in [1.807, 2.05) is 30.3 Å². The fourth-order valence-electron chi connectivity index (χ4n) is 3.16. The number of rotatable bonds is 7. The van der Waals surface area contributed by atoms with Gasteiger partial charge in [-0.1, -0.05) is 37.3 Å². The molecule has 2 atom stereocenters. The van der Waals surface area contributed by atoms with Crippen molar-refractivity contribution in [3.63, 3.8) is 0 Å². The fraction of sp³-hybridized carbons (Fsp3) is 0.611. The Labute approximate surface area is 139 Å². The lowest BCUT2D eigenvalue weighted by atomic mass is 10.0. The maximum Gasteiger partial charge on any atom is 0.315 e. The Morgan fingerprint density at radius 1 is 1.39 bits per heavy atom. The highest BCUT2D eigenvalue weighted by Gasteiger charge is 2.17. The lowest BCUT2D eigenvalue weighted by molar-refractivity contribution is 0.183. The number of likely N-dealkylation sites (tertiary alicyclic amines) is 1. The first-order chi connectivity index (χ1) is 11.2. The minimum atomic E-state index is -0.169. The number of hydrogen-bond acceptors (Lipinski definition) is 3. The smallest absolute Gasteiger partial charge is 0.315 e. The van der Waals surface area contributed by atoms with Crippen LogP contribution in [0.25, 0.3) is 0 Å². The number of urea groups is 1. The molecule has 1 aliphatic heterocycles. The van der Waals surface area contributed by atoms with Gasteiger partial charge in [-0.25, -0.2) is 4.79 Å². The van der Waals surface area contributed by atoms with Crippen molar-refractivity contribution in [1.82, 2.24) is 15.5 Å². The Hall–Kier alpha value is -1.59. The molecular formula is C18H29N3O2. The van der Waals surface area contributed by atoms with E-state index in [1.165, 1.54) is 12.8 Å². The van der Waals surface area contributed by atoms with Crippen LogP contribution in [0.5, 0.6) is 0 Å². The van der Waals surface area contributed by atoms with Crippen LogP contribution in [0.1, 0.15) is 37.8 Å². The van der Waals surface area contributed by atoms with Crippen LogP contribution in [-0.2, 0) is 0 Å². The van der Waals surface area contributed by atoms with Crippen LogP contribution in [0.15, 0.2) is 30.3 Å². The van der Waals surface area contributed by atoms with Gasteiger partial charge in [-0.15, -0.1) is 0 Å². The van der Waals surface area contributed by atoms with Crippen LogP contribution in [0, 0.1) is 5.92 Å². The summed E-state index contributed by atoms with van der Waals surface area (Å²) in [6.07, 6.45) is 3.07. The zero-order chi connectivity index (χ0) is 16.5. The molecule has 2 rings (SSSR count). The van der Waals surface area contributed by atoms with E-state index in [0.29, 0.717) is 13.0 Å².